The summed E-state index contributed by atoms with van der Waals surface area (Å²) in [5.74, 6) is -1.91. The topological polar surface area (TPSA) is 58.4 Å². The van der Waals surface area contributed by atoms with Gasteiger partial charge in [0, 0.05) is 37.3 Å². The summed E-state index contributed by atoms with van der Waals surface area (Å²) in [6, 6.07) is 1.52. The first-order chi connectivity index (χ1) is 9.58. The van der Waals surface area contributed by atoms with E-state index in [2.05, 4.69) is 10.2 Å². The molecule has 1 aliphatic rings. The summed E-state index contributed by atoms with van der Waals surface area (Å²) in [4.78, 5) is 12.1. The van der Waals surface area contributed by atoms with Crippen molar-refractivity contribution in [1.82, 2.24) is 10.2 Å². The third kappa shape index (κ3) is 3.71. The van der Waals surface area contributed by atoms with Gasteiger partial charge >= 0.3 is 5.69 Å². The fourth-order valence-corrected chi connectivity index (χ4v) is 2.32. The van der Waals surface area contributed by atoms with Crippen LogP contribution in [-0.2, 0) is 6.54 Å². The number of hydrogen-bond donors (Lipinski definition) is 1. The lowest BCUT2D eigenvalue weighted by Crippen LogP contribution is -2.29. The van der Waals surface area contributed by atoms with Gasteiger partial charge in [-0.25, -0.2) is 4.39 Å². The molecule has 0 spiro atoms. The third-order valence-electron chi connectivity index (χ3n) is 3.43. The second kappa shape index (κ2) is 6.71. The number of nitrogens with one attached hydrogen (secondary N) is 1. The molecule has 1 aromatic carbocycles. The van der Waals surface area contributed by atoms with Gasteiger partial charge in [-0.1, -0.05) is 0 Å². The Morgan fingerprint density at radius 3 is 2.60 bits per heavy atom. The zero-order valence-electron chi connectivity index (χ0n) is 11.1. The number of nitro groups is 1. The van der Waals surface area contributed by atoms with Crippen LogP contribution in [0.1, 0.15) is 18.4 Å². The van der Waals surface area contributed by atoms with E-state index in [1.54, 1.807) is 0 Å². The number of nitro benzene ring substituents is 1. The van der Waals surface area contributed by atoms with Gasteiger partial charge in [0.25, 0.3) is 0 Å². The standard InChI is InChI=1S/C13H17F2N3O2/c14-11-8-12(15)13(18(19)20)7-10(11)9-16-3-6-17-4-1-2-5-17/h7-8,16H,1-6,9H2. The van der Waals surface area contributed by atoms with Gasteiger partial charge in [0.1, 0.15) is 5.82 Å². The molecular weight excluding hydrogens is 268 g/mol. The minimum atomic E-state index is -1.15. The molecule has 0 saturated carbocycles. The Bertz CT molecular complexity index is 491. The molecule has 5 nitrogen and oxygen atoms in total. The van der Waals surface area contributed by atoms with Gasteiger partial charge in [-0.15, -0.1) is 0 Å². The normalized spacial score (nSPS) is 15.7. The predicted octanol–water partition coefficient (Wildman–Crippen LogP) is 2.06. The van der Waals surface area contributed by atoms with E-state index in [9.17, 15) is 18.9 Å². The first kappa shape index (κ1) is 14.8. The number of halogens is 2. The highest BCUT2D eigenvalue weighted by Gasteiger charge is 2.18. The summed E-state index contributed by atoms with van der Waals surface area (Å²) in [5.41, 5.74) is -0.581. The maximum atomic E-state index is 13.5. The van der Waals surface area contributed by atoms with Crippen LogP contribution in [0.15, 0.2) is 12.1 Å². The van der Waals surface area contributed by atoms with Crippen molar-refractivity contribution < 1.29 is 13.7 Å². The Balaban J connectivity index is 1.88. The maximum Gasteiger partial charge on any atom is 0.305 e. The van der Waals surface area contributed by atoms with Gasteiger partial charge in [0.05, 0.1) is 4.92 Å². The van der Waals surface area contributed by atoms with Crippen LogP contribution in [0.4, 0.5) is 14.5 Å². The molecule has 0 amide bonds. The van der Waals surface area contributed by atoms with Gasteiger partial charge in [-0.3, -0.25) is 10.1 Å². The molecule has 110 valence electrons. The van der Waals surface area contributed by atoms with Gasteiger partial charge in [-0.2, -0.15) is 4.39 Å². The van der Waals surface area contributed by atoms with E-state index in [1.165, 1.54) is 12.8 Å². The molecule has 0 bridgehead atoms. The van der Waals surface area contributed by atoms with E-state index in [4.69, 9.17) is 0 Å². The average molecular weight is 285 g/mol. The van der Waals surface area contributed by atoms with Crippen LogP contribution in [0.2, 0.25) is 0 Å². The fourth-order valence-electron chi connectivity index (χ4n) is 2.32. The first-order valence-corrected chi connectivity index (χ1v) is 6.63. The second-order valence-corrected chi connectivity index (χ2v) is 4.88. The van der Waals surface area contributed by atoms with Crippen molar-refractivity contribution in [2.24, 2.45) is 0 Å². The van der Waals surface area contributed by atoms with E-state index in [-0.39, 0.29) is 12.1 Å². The molecule has 0 unspecified atom stereocenters. The van der Waals surface area contributed by atoms with E-state index < -0.39 is 22.2 Å². The minimum Gasteiger partial charge on any atom is -0.311 e. The lowest BCUT2D eigenvalue weighted by atomic mass is 10.2. The molecule has 1 aromatic rings. The van der Waals surface area contributed by atoms with Crippen molar-refractivity contribution in [1.29, 1.82) is 0 Å². The maximum absolute atomic E-state index is 13.5. The number of likely N-dealkylation sites (tertiary alicyclic amines) is 1. The van der Waals surface area contributed by atoms with Crippen LogP contribution in [-0.4, -0.2) is 36.0 Å². The van der Waals surface area contributed by atoms with Crippen LogP contribution in [0.5, 0.6) is 0 Å². The summed E-state index contributed by atoms with van der Waals surface area (Å²) in [6.07, 6.45) is 2.41. The van der Waals surface area contributed by atoms with Crippen molar-refractivity contribution in [2.45, 2.75) is 19.4 Å². The predicted molar refractivity (Wildman–Crippen MR) is 70.4 cm³/mol. The summed E-state index contributed by atoms with van der Waals surface area (Å²) >= 11 is 0. The molecule has 7 heteroatoms. The highest BCUT2D eigenvalue weighted by molar-refractivity contribution is 5.37. The van der Waals surface area contributed by atoms with Crippen LogP contribution >= 0.6 is 0 Å². The van der Waals surface area contributed by atoms with E-state index in [0.29, 0.717) is 12.6 Å². The number of benzene rings is 1. The number of rotatable bonds is 6. The van der Waals surface area contributed by atoms with Crippen molar-refractivity contribution in [3.05, 3.63) is 39.4 Å². The van der Waals surface area contributed by atoms with Gasteiger partial charge in [-0.05, 0) is 25.9 Å². The molecule has 0 aromatic heterocycles. The Kier molecular flexibility index (Phi) is 4.97. The van der Waals surface area contributed by atoms with Crippen LogP contribution in [0.25, 0.3) is 0 Å². The average Bonchev–Trinajstić information content (AvgIpc) is 2.89. The first-order valence-electron chi connectivity index (χ1n) is 6.63. The summed E-state index contributed by atoms with van der Waals surface area (Å²) in [5, 5.41) is 13.6. The molecule has 1 heterocycles. The van der Waals surface area contributed by atoms with Crippen molar-refractivity contribution in [3.8, 4) is 0 Å². The fraction of sp³-hybridized carbons (Fsp3) is 0.538. The molecule has 2 rings (SSSR count). The SMILES string of the molecule is O=[N+]([O-])c1cc(CNCCN2CCCC2)c(F)cc1F. The Morgan fingerprint density at radius 2 is 1.95 bits per heavy atom. The Hall–Kier alpha value is -1.60. The molecule has 1 aliphatic heterocycles. The van der Waals surface area contributed by atoms with Crippen LogP contribution in [0.3, 0.4) is 0 Å². The monoisotopic (exact) mass is 285 g/mol. The quantitative estimate of drug-likeness (QED) is 0.494. The van der Waals surface area contributed by atoms with Crippen molar-refractivity contribution >= 4 is 5.69 Å². The lowest BCUT2D eigenvalue weighted by molar-refractivity contribution is -0.387. The van der Waals surface area contributed by atoms with Crippen LogP contribution in [0, 0.1) is 21.7 Å². The molecular formula is C13H17F2N3O2. The third-order valence-corrected chi connectivity index (χ3v) is 3.43. The molecule has 20 heavy (non-hydrogen) atoms. The molecule has 1 N–H and O–H groups in total. The molecule has 1 fully saturated rings. The van der Waals surface area contributed by atoms with Crippen LogP contribution < -0.4 is 5.32 Å². The summed E-state index contributed by atoms with van der Waals surface area (Å²) in [6.45, 7) is 3.85. The highest BCUT2D eigenvalue weighted by atomic mass is 19.1. The highest BCUT2D eigenvalue weighted by Crippen LogP contribution is 2.21. The molecule has 0 radical (unpaired) electrons. The minimum absolute atomic E-state index is 0.111. The molecule has 0 aliphatic carbocycles. The van der Waals surface area contributed by atoms with Gasteiger partial charge in [0.15, 0.2) is 0 Å². The van der Waals surface area contributed by atoms with E-state index >= 15 is 0 Å². The largest absolute Gasteiger partial charge is 0.311 e. The summed E-state index contributed by atoms with van der Waals surface area (Å²) in [7, 11) is 0. The van der Waals surface area contributed by atoms with E-state index in [1.807, 2.05) is 0 Å². The second-order valence-electron chi connectivity index (χ2n) is 4.88. The Morgan fingerprint density at radius 1 is 1.25 bits per heavy atom. The number of nitrogens with zero attached hydrogens (tertiary/aromatic N) is 2. The lowest BCUT2D eigenvalue weighted by Gasteiger charge is -2.14. The number of hydrogen-bond acceptors (Lipinski definition) is 4. The van der Waals surface area contributed by atoms with Gasteiger partial charge in [0.2, 0.25) is 5.82 Å². The smallest absolute Gasteiger partial charge is 0.305 e. The van der Waals surface area contributed by atoms with Gasteiger partial charge < -0.3 is 10.2 Å². The molecule has 0 atom stereocenters. The zero-order valence-corrected chi connectivity index (χ0v) is 11.1. The molecule has 1 saturated heterocycles. The summed E-state index contributed by atoms with van der Waals surface area (Å²) < 4.78 is 26.7. The zero-order chi connectivity index (χ0) is 14.5. The Labute approximate surface area is 115 Å². The van der Waals surface area contributed by atoms with Crippen molar-refractivity contribution in [2.75, 3.05) is 26.2 Å². The van der Waals surface area contributed by atoms with E-state index in [0.717, 1.165) is 25.7 Å². The van der Waals surface area contributed by atoms with Crippen molar-refractivity contribution in [3.63, 3.8) is 0 Å².